The molecule has 0 fully saturated rings. The molecule has 0 radical (unpaired) electrons. The first-order chi connectivity index (χ1) is 12.5. The number of amides is 3. The lowest BCUT2D eigenvalue weighted by Gasteiger charge is -2.22. The molecule has 0 aromatic heterocycles. The van der Waals surface area contributed by atoms with Gasteiger partial charge in [-0.15, -0.1) is 0 Å². The van der Waals surface area contributed by atoms with E-state index in [9.17, 15) is 14.4 Å². The topological polar surface area (TPSA) is 78.5 Å². The van der Waals surface area contributed by atoms with E-state index in [1.165, 1.54) is 0 Å². The normalized spacial score (nSPS) is 10.3. The lowest BCUT2D eigenvalue weighted by atomic mass is 10.2. The zero-order chi connectivity index (χ0) is 19.4. The number of rotatable bonds is 11. The third kappa shape index (κ3) is 8.65. The van der Waals surface area contributed by atoms with Crippen molar-refractivity contribution in [3.8, 4) is 0 Å². The first-order valence-corrected chi connectivity index (χ1v) is 9.37. The van der Waals surface area contributed by atoms with E-state index in [0.29, 0.717) is 18.7 Å². The maximum Gasteiger partial charge on any atom is 0.243 e. The molecule has 0 bridgehead atoms. The van der Waals surface area contributed by atoms with Crippen molar-refractivity contribution >= 4 is 23.4 Å². The summed E-state index contributed by atoms with van der Waals surface area (Å²) in [6.45, 7) is 6.50. The molecule has 6 nitrogen and oxygen atoms in total. The average Bonchev–Trinajstić information content (AvgIpc) is 2.63. The van der Waals surface area contributed by atoms with E-state index < -0.39 is 0 Å². The Kier molecular flexibility index (Phi) is 10.1. The van der Waals surface area contributed by atoms with E-state index in [-0.39, 0.29) is 30.8 Å². The van der Waals surface area contributed by atoms with E-state index in [4.69, 9.17) is 0 Å². The highest BCUT2D eigenvalue weighted by molar-refractivity contribution is 5.95. The number of hydrogen-bond donors (Lipinski definition) is 2. The Bertz CT molecular complexity index is 584. The molecule has 0 aliphatic carbocycles. The summed E-state index contributed by atoms with van der Waals surface area (Å²) in [5.41, 5.74) is 1.80. The van der Waals surface area contributed by atoms with Crippen molar-refractivity contribution in [1.82, 2.24) is 10.2 Å². The van der Waals surface area contributed by atoms with Gasteiger partial charge in [-0.1, -0.05) is 44.4 Å². The molecule has 0 aliphatic heterocycles. The molecule has 144 valence electrons. The van der Waals surface area contributed by atoms with E-state index in [1.54, 1.807) is 4.90 Å². The quantitative estimate of drug-likeness (QED) is 0.636. The first kappa shape index (κ1) is 21.7. The van der Waals surface area contributed by atoms with Crippen LogP contribution in [0, 0.1) is 6.92 Å². The molecular weight excluding hydrogens is 330 g/mol. The number of benzene rings is 1. The second kappa shape index (κ2) is 12.1. The van der Waals surface area contributed by atoms with Crippen molar-refractivity contribution in [2.75, 3.05) is 25.0 Å². The third-order valence-electron chi connectivity index (χ3n) is 3.99. The third-order valence-corrected chi connectivity index (χ3v) is 3.99. The van der Waals surface area contributed by atoms with Gasteiger partial charge in [-0.2, -0.15) is 0 Å². The van der Waals surface area contributed by atoms with Crippen LogP contribution in [0.3, 0.4) is 0 Å². The van der Waals surface area contributed by atoms with Crippen molar-refractivity contribution < 1.29 is 14.4 Å². The molecule has 0 heterocycles. The highest BCUT2D eigenvalue weighted by atomic mass is 16.2. The summed E-state index contributed by atoms with van der Waals surface area (Å²) < 4.78 is 0. The highest BCUT2D eigenvalue weighted by Gasteiger charge is 2.16. The fourth-order valence-corrected chi connectivity index (χ4v) is 2.38. The fraction of sp³-hybridized carbons (Fsp3) is 0.550. The Balaban J connectivity index is 2.44. The molecule has 0 saturated carbocycles. The number of nitrogens with one attached hydrogen (secondary N) is 2. The summed E-state index contributed by atoms with van der Waals surface area (Å²) in [7, 11) is 0. The van der Waals surface area contributed by atoms with Crippen molar-refractivity contribution in [3.05, 3.63) is 29.8 Å². The van der Waals surface area contributed by atoms with Gasteiger partial charge in [0.15, 0.2) is 0 Å². The Morgan fingerprint density at radius 1 is 0.962 bits per heavy atom. The number of carbonyl (C=O) groups is 3. The van der Waals surface area contributed by atoms with Crippen molar-refractivity contribution in [2.45, 2.75) is 52.9 Å². The van der Waals surface area contributed by atoms with Gasteiger partial charge in [-0.3, -0.25) is 14.4 Å². The largest absolute Gasteiger partial charge is 0.345 e. The summed E-state index contributed by atoms with van der Waals surface area (Å²) in [6.07, 6.45) is 4.04. The molecule has 1 aromatic carbocycles. The zero-order valence-electron chi connectivity index (χ0n) is 16.1. The molecule has 6 heteroatoms. The van der Waals surface area contributed by atoms with Gasteiger partial charge in [0.2, 0.25) is 17.7 Å². The lowest BCUT2D eigenvalue weighted by Crippen LogP contribution is -2.43. The van der Waals surface area contributed by atoms with Crippen molar-refractivity contribution in [1.29, 1.82) is 0 Å². The molecule has 0 aliphatic rings. The minimum atomic E-state index is -0.315. The first-order valence-electron chi connectivity index (χ1n) is 9.37. The van der Waals surface area contributed by atoms with Crippen LogP contribution in [0.5, 0.6) is 0 Å². The Morgan fingerprint density at radius 3 is 2.23 bits per heavy atom. The minimum absolute atomic E-state index is 0.000356. The summed E-state index contributed by atoms with van der Waals surface area (Å²) >= 11 is 0. The van der Waals surface area contributed by atoms with Crippen LogP contribution in [-0.2, 0) is 14.4 Å². The molecule has 0 spiro atoms. The van der Waals surface area contributed by atoms with Crippen LogP contribution < -0.4 is 10.6 Å². The van der Waals surface area contributed by atoms with E-state index in [2.05, 4.69) is 10.6 Å². The number of hydrogen-bond acceptors (Lipinski definition) is 3. The SMILES string of the molecule is CCCCC(=O)N(CCCC)CC(=O)NCC(=O)Nc1ccc(C)cc1. The predicted molar refractivity (Wildman–Crippen MR) is 104 cm³/mol. The molecule has 0 atom stereocenters. The van der Waals surface area contributed by atoms with E-state index in [1.807, 2.05) is 45.0 Å². The summed E-state index contributed by atoms with van der Waals surface area (Å²) in [5.74, 6) is -0.607. The van der Waals surface area contributed by atoms with Crippen LogP contribution in [0.1, 0.15) is 51.5 Å². The van der Waals surface area contributed by atoms with Crippen LogP contribution in [0.2, 0.25) is 0 Å². The van der Waals surface area contributed by atoms with Crippen LogP contribution in [0.15, 0.2) is 24.3 Å². The van der Waals surface area contributed by atoms with Gasteiger partial charge in [0, 0.05) is 18.7 Å². The van der Waals surface area contributed by atoms with Gasteiger partial charge in [0.25, 0.3) is 0 Å². The van der Waals surface area contributed by atoms with Gasteiger partial charge in [0.05, 0.1) is 13.1 Å². The lowest BCUT2D eigenvalue weighted by molar-refractivity contribution is -0.136. The molecule has 26 heavy (non-hydrogen) atoms. The van der Waals surface area contributed by atoms with Crippen molar-refractivity contribution in [3.63, 3.8) is 0 Å². The van der Waals surface area contributed by atoms with Gasteiger partial charge in [-0.25, -0.2) is 0 Å². The van der Waals surface area contributed by atoms with Crippen molar-refractivity contribution in [2.24, 2.45) is 0 Å². The number of nitrogens with zero attached hydrogens (tertiary/aromatic N) is 1. The molecule has 0 unspecified atom stereocenters. The summed E-state index contributed by atoms with van der Waals surface area (Å²) in [6, 6.07) is 7.44. The molecular formula is C20H31N3O3. The molecule has 2 N–H and O–H groups in total. The van der Waals surface area contributed by atoms with Crippen LogP contribution in [0.4, 0.5) is 5.69 Å². The molecule has 1 aromatic rings. The number of aryl methyl sites for hydroxylation is 1. The summed E-state index contributed by atoms with van der Waals surface area (Å²) in [5, 5.41) is 5.32. The van der Waals surface area contributed by atoms with Gasteiger partial charge in [0.1, 0.15) is 0 Å². The monoisotopic (exact) mass is 361 g/mol. The average molecular weight is 361 g/mol. The van der Waals surface area contributed by atoms with E-state index in [0.717, 1.165) is 31.2 Å². The fourth-order valence-electron chi connectivity index (χ4n) is 2.38. The number of unbranched alkanes of at least 4 members (excludes halogenated alkanes) is 2. The second-order valence-corrected chi connectivity index (χ2v) is 6.46. The van der Waals surface area contributed by atoms with Crippen LogP contribution >= 0.6 is 0 Å². The second-order valence-electron chi connectivity index (χ2n) is 6.46. The molecule has 3 amide bonds. The molecule has 0 saturated heterocycles. The van der Waals surface area contributed by atoms with Crippen LogP contribution in [0.25, 0.3) is 0 Å². The number of carbonyl (C=O) groups excluding carboxylic acids is 3. The maximum absolute atomic E-state index is 12.2. The van der Waals surface area contributed by atoms with Crippen LogP contribution in [-0.4, -0.2) is 42.3 Å². The predicted octanol–water partition coefficient (Wildman–Crippen LogP) is 2.87. The van der Waals surface area contributed by atoms with E-state index >= 15 is 0 Å². The molecule has 1 rings (SSSR count). The minimum Gasteiger partial charge on any atom is -0.345 e. The Hall–Kier alpha value is -2.37. The standard InChI is InChI=1S/C20H31N3O3/c1-4-6-8-20(26)23(13-7-5-2)15-19(25)21-14-18(24)22-17-11-9-16(3)10-12-17/h9-12H,4-8,13-15H2,1-3H3,(H,21,25)(H,22,24). The van der Waals surface area contributed by atoms with Gasteiger partial charge >= 0.3 is 0 Å². The zero-order valence-corrected chi connectivity index (χ0v) is 16.1. The van der Waals surface area contributed by atoms with Gasteiger partial charge in [-0.05, 0) is 31.9 Å². The summed E-state index contributed by atoms with van der Waals surface area (Å²) in [4.78, 5) is 37.8. The maximum atomic E-state index is 12.2. The Morgan fingerprint density at radius 2 is 1.62 bits per heavy atom. The Labute approximate surface area is 156 Å². The van der Waals surface area contributed by atoms with Gasteiger partial charge < -0.3 is 15.5 Å². The smallest absolute Gasteiger partial charge is 0.243 e. The highest BCUT2D eigenvalue weighted by Crippen LogP contribution is 2.08. The number of anilines is 1.